The van der Waals surface area contributed by atoms with Crippen LogP contribution in [-0.2, 0) is 0 Å². The second-order valence-electron chi connectivity index (χ2n) is 6.88. The van der Waals surface area contributed by atoms with Crippen LogP contribution in [0.5, 0.6) is 0 Å². The summed E-state index contributed by atoms with van der Waals surface area (Å²) in [5.74, 6) is 2.69. The molecule has 0 aliphatic heterocycles. The number of hydrogen-bond donors (Lipinski definition) is 1. The molecule has 2 saturated carbocycles. The summed E-state index contributed by atoms with van der Waals surface area (Å²) < 4.78 is 5.59. The lowest BCUT2D eigenvalue weighted by molar-refractivity contribution is 0.308. The van der Waals surface area contributed by atoms with E-state index in [0.29, 0.717) is 23.3 Å². The van der Waals surface area contributed by atoms with Gasteiger partial charge in [0.1, 0.15) is 0 Å². The van der Waals surface area contributed by atoms with Gasteiger partial charge in [-0.2, -0.15) is 4.98 Å². The maximum Gasteiger partial charge on any atom is 0.231 e. The lowest BCUT2D eigenvalue weighted by Gasteiger charge is -2.20. The van der Waals surface area contributed by atoms with Gasteiger partial charge >= 0.3 is 0 Å². The van der Waals surface area contributed by atoms with E-state index in [2.05, 4.69) is 24.3 Å². The van der Waals surface area contributed by atoms with Crippen LogP contribution in [0.2, 0.25) is 0 Å². The minimum Gasteiger partial charge on any atom is -0.339 e. The molecule has 19 heavy (non-hydrogen) atoms. The molecule has 0 aromatic carbocycles. The van der Waals surface area contributed by atoms with Gasteiger partial charge in [-0.25, -0.2) is 0 Å². The number of aromatic nitrogens is 2. The third-order valence-electron chi connectivity index (χ3n) is 4.99. The van der Waals surface area contributed by atoms with E-state index in [1.807, 2.05) is 7.05 Å². The van der Waals surface area contributed by atoms with Crippen molar-refractivity contribution >= 4 is 0 Å². The van der Waals surface area contributed by atoms with Crippen molar-refractivity contribution in [3.8, 4) is 0 Å². The van der Waals surface area contributed by atoms with E-state index in [9.17, 15) is 0 Å². The fourth-order valence-corrected chi connectivity index (χ4v) is 3.40. The molecule has 106 valence electrons. The Morgan fingerprint density at radius 3 is 2.63 bits per heavy atom. The van der Waals surface area contributed by atoms with E-state index in [0.717, 1.165) is 11.7 Å². The van der Waals surface area contributed by atoms with Gasteiger partial charge in [0.05, 0.1) is 5.92 Å². The van der Waals surface area contributed by atoms with Crippen molar-refractivity contribution in [3.05, 3.63) is 11.7 Å². The number of nitrogens with one attached hydrogen (secondary N) is 1. The molecule has 4 heteroatoms. The van der Waals surface area contributed by atoms with Crippen LogP contribution < -0.4 is 5.32 Å². The summed E-state index contributed by atoms with van der Waals surface area (Å²) >= 11 is 0. The average Bonchev–Trinajstić information content (AvgIpc) is 2.87. The fourth-order valence-electron chi connectivity index (χ4n) is 3.40. The number of likely N-dealkylation sites (N-methyl/N-ethyl adjacent to an activating group) is 1. The van der Waals surface area contributed by atoms with Gasteiger partial charge in [-0.15, -0.1) is 0 Å². The van der Waals surface area contributed by atoms with Crippen molar-refractivity contribution in [2.24, 2.45) is 5.41 Å². The first-order chi connectivity index (χ1) is 9.12. The minimum atomic E-state index is 0.368. The van der Waals surface area contributed by atoms with E-state index in [4.69, 9.17) is 9.51 Å². The highest BCUT2D eigenvalue weighted by atomic mass is 16.5. The Kier molecular flexibility index (Phi) is 3.37. The molecule has 3 rings (SSSR count). The molecule has 3 unspecified atom stereocenters. The molecule has 2 aliphatic carbocycles. The first-order valence-electron chi connectivity index (χ1n) is 7.62. The summed E-state index contributed by atoms with van der Waals surface area (Å²) in [4.78, 5) is 4.71. The van der Waals surface area contributed by atoms with Crippen molar-refractivity contribution in [2.75, 3.05) is 7.05 Å². The molecular formula is C15H25N3O. The van der Waals surface area contributed by atoms with Gasteiger partial charge < -0.3 is 9.84 Å². The van der Waals surface area contributed by atoms with Gasteiger partial charge in [0.15, 0.2) is 5.82 Å². The Balaban J connectivity index is 1.77. The van der Waals surface area contributed by atoms with Gasteiger partial charge in [-0.1, -0.05) is 38.3 Å². The second-order valence-corrected chi connectivity index (χ2v) is 6.88. The monoisotopic (exact) mass is 263 g/mol. The van der Waals surface area contributed by atoms with Gasteiger partial charge in [0, 0.05) is 12.0 Å². The third-order valence-corrected chi connectivity index (χ3v) is 4.99. The Morgan fingerprint density at radius 1 is 1.21 bits per heavy atom. The highest BCUT2D eigenvalue weighted by Crippen LogP contribution is 2.57. The van der Waals surface area contributed by atoms with E-state index in [1.54, 1.807) is 0 Å². The van der Waals surface area contributed by atoms with Gasteiger partial charge in [0.25, 0.3) is 0 Å². The number of hydrogen-bond acceptors (Lipinski definition) is 4. The maximum absolute atomic E-state index is 5.59. The Labute approximate surface area is 115 Å². The summed E-state index contributed by atoms with van der Waals surface area (Å²) in [6, 6.07) is 0.489. The molecule has 0 saturated heterocycles. The first-order valence-corrected chi connectivity index (χ1v) is 7.62. The van der Waals surface area contributed by atoms with Gasteiger partial charge in [0.2, 0.25) is 5.89 Å². The van der Waals surface area contributed by atoms with E-state index >= 15 is 0 Å². The Bertz CT molecular complexity index is 440. The van der Waals surface area contributed by atoms with E-state index in [1.165, 1.54) is 38.5 Å². The van der Waals surface area contributed by atoms with Gasteiger partial charge in [-0.05, 0) is 31.7 Å². The SMILES string of the molecule is CNC1CCCCCC1c1nc(C2CC2(C)C)no1. The molecule has 0 radical (unpaired) electrons. The summed E-state index contributed by atoms with van der Waals surface area (Å²) in [6.07, 6.45) is 7.47. The van der Waals surface area contributed by atoms with Crippen molar-refractivity contribution < 1.29 is 4.52 Å². The van der Waals surface area contributed by atoms with Crippen LogP contribution in [0, 0.1) is 5.41 Å². The molecule has 0 spiro atoms. The highest BCUT2D eigenvalue weighted by Gasteiger charge is 2.49. The first kappa shape index (κ1) is 13.1. The molecule has 1 N–H and O–H groups in total. The minimum absolute atomic E-state index is 0.368. The average molecular weight is 263 g/mol. The van der Waals surface area contributed by atoms with E-state index in [-0.39, 0.29) is 0 Å². The van der Waals surface area contributed by atoms with Crippen LogP contribution in [0.25, 0.3) is 0 Å². The van der Waals surface area contributed by atoms with Crippen molar-refractivity contribution in [3.63, 3.8) is 0 Å². The van der Waals surface area contributed by atoms with Crippen LogP contribution in [0.4, 0.5) is 0 Å². The molecule has 2 aliphatic rings. The second kappa shape index (κ2) is 4.89. The van der Waals surface area contributed by atoms with Crippen LogP contribution in [-0.4, -0.2) is 23.2 Å². The third kappa shape index (κ3) is 2.55. The maximum atomic E-state index is 5.59. The zero-order valence-corrected chi connectivity index (χ0v) is 12.3. The molecule has 3 atom stereocenters. The van der Waals surface area contributed by atoms with Crippen LogP contribution >= 0.6 is 0 Å². The number of nitrogens with zero attached hydrogens (tertiary/aromatic N) is 2. The Morgan fingerprint density at radius 2 is 1.95 bits per heavy atom. The van der Waals surface area contributed by atoms with Crippen LogP contribution in [0.15, 0.2) is 4.52 Å². The largest absolute Gasteiger partial charge is 0.339 e. The standard InChI is InChI=1S/C15H25N3O/c1-15(2)9-11(15)13-17-14(19-18-13)10-7-5-4-6-8-12(10)16-3/h10-12,16H,4-9H2,1-3H3. The molecular weight excluding hydrogens is 238 g/mol. The van der Waals surface area contributed by atoms with Crippen molar-refractivity contribution in [1.82, 2.24) is 15.5 Å². The summed E-state index contributed by atoms with van der Waals surface area (Å²) in [5, 5.41) is 7.67. The molecule has 1 aromatic rings. The highest BCUT2D eigenvalue weighted by molar-refractivity contribution is 5.15. The quantitative estimate of drug-likeness (QED) is 0.851. The Hall–Kier alpha value is -0.900. The zero-order valence-electron chi connectivity index (χ0n) is 12.3. The predicted molar refractivity (Wildman–Crippen MR) is 74.1 cm³/mol. The lowest BCUT2D eigenvalue weighted by atomic mass is 9.95. The van der Waals surface area contributed by atoms with Crippen LogP contribution in [0.3, 0.4) is 0 Å². The summed E-state index contributed by atoms with van der Waals surface area (Å²) in [6.45, 7) is 4.55. The number of rotatable bonds is 3. The van der Waals surface area contributed by atoms with Crippen molar-refractivity contribution in [1.29, 1.82) is 0 Å². The lowest BCUT2D eigenvalue weighted by Crippen LogP contribution is -2.31. The molecule has 0 amide bonds. The smallest absolute Gasteiger partial charge is 0.231 e. The van der Waals surface area contributed by atoms with Crippen molar-refractivity contribution in [2.45, 2.75) is 70.3 Å². The summed E-state index contributed by atoms with van der Waals surface area (Å²) in [5.41, 5.74) is 0.368. The topological polar surface area (TPSA) is 51.0 Å². The molecule has 0 bridgehead atoms. The summed E-state index contributed by atoms with van der Waals surface area (Å²) in [7, 11) is 2.05. The fraction of sp³-hybridized carbons (Fsp3) is 0.867. The normalized spacial score (nSPS) is 33.9. The molecule has 4 nitrogen and oxygen atoms in total. The molecule has 1 heterocycles. The van der Waals surface area contributed by atoms with E-state index < -0.39 is 0 Å². The van der Waals surface area contributed by atoms with Crippen LogP contribution in [0.1, 0.15) is 75.9 Å². The molecule has 1 aromatic heterocycles. The zero-order chi connectivity index (χ0) is 13.5. The molecule has 2 fully saturated rings. The van der Waals surface area contributed by atoms with Gasteiger partial charge in [-0.3, -0.25) is 0 Å². The predicted octanol–water partition coefficient (Wildman–Crippen LogP) is 3.22.